The predicted octanol–water partition coefficient (Wildman–Crippen LogP) is 3.36. The molecule has 3 aromatic rings. The third-order valence-electron chi connectivity index (χ3n) is 9.43. The van der Waals surface area contributed by atoms with Crippen LogP contribution in [0.25, 0.3) is 11.3 Å². The lowest BCUT2D eigenvalue weighted by Crippen LogP contribution is -2.36. The number of carbonyl (C=O) groups is 3. The minimum absolute atomic E-state index is 0.0283. The number of amides is 4. The molecule has 6 N–H and O–H groups in total. The Kier molecular flexibility index (Phi) is 13.7. The molecule has 3 heterocycles. The number of ether oxygens (including phenoxy) is 5. The fraction of sp³-hybridized carbons (Fsp3) is 0.514. The van der Waals surface area contributed by atoms with Crippen LogP contribution in [-0.4, -0.2) is 118 Å². The number of benzene rings is 2. The lowest BCUT2D eigenvalue weighted by Gasteiger charge is -2.16. The average Bonchev–Trinajstić information content (AvgIpc) is 3.93. The molecule has 2 aromatic carbocycles. The first kappa shape index (κ1) is 38.2. The van der Waals surface area contributed by atoms with Gasteiger partial charge in [-0.25, -0.2) is 4.79 Å². The van der Waals surface area contributed by atoms with Crippen LogP contribution in [-0.2, 0) is 25.4 Å². The topological polar surface area (TPSA) is 186 Å². The third-order valence-corrected chi connectivity index (χ3v) is 10.9. The molecule has 1 aromatic heterocycles. The fourth-order valence-corrected chi connectivity index (χ4v) is 8.28. The van der Waals surface area contributed by atoms with Crippen molar-refractivity contribution in [3.8, 4) is 22.8 Å². The summed E-state index contributed by atoms with van der Waals surface area (Å²) < 4.78 is 27.6. The highest BCUT2D eigenvalue weighted by molar-refractivity contribution is 8.00. The van der Waals surface area contributed by atoms with Crippen molar-refractivity contribution in [1.29, 1.82) is 0 Å². The maximum absolute atomic E-state index is 12.8. The van der Waals surface area contributed by atoms with Crippen molar-refractivity contribution in [2.45, 2.75) is 49.4 Å². The summed E-state index contributed by atoms with van der Waals surface area (Å²) in [6, 6.07) is 11.6. The van der Waals surface area contributed by atoms with E-state index in [4.69, 9.17) is 23.7 Å². The highest BCUT2D eigenvalue weighted by Crippen LogP contribution is 2.44. The van der Waals surface area contributed by atoms with E-state index in [0.717, 1.165) is 53.1 Å². The van der Waals surface area contributed by atoms with Crippen LogP contribution in [0, 0.1) is 0 Å². The number of aromatic nitrogens is 2. The molecule has 3 unspecified atom stereocenters. The quantitative estimate of drug-likeness (QED) is 0.0511. The molecule has 2 fully saturated rings. The zero-order valence-corrected chi connectivity index (χ0v) is 31.0. The summed E-state index contributed by atoms with van der Waals surface area (Å²) in [6.07, 6.45) is 3.97. The Morgan fingerprint density at radius 2 is 1.64 bits per heavy atom. The van der Waals surface area contributed by atoms with Gasteiger partial charge in [0.2, 0.25) is 5.91 Å². The Bertz CT molecular complexity index is 1720. The van der Waals surface area contributed by atoms with E-state index in [1.807, 2.05) is 36.0 Å². The molecule has 0 bridgehead atoms. The zero-order valence-electron chi connectivity index (χ0n) is 30.2. The Labute approximate surface area is 313 Å². The van der Waals surface area contributed by atoms with Crippen molar-refractivity contribution in [2.75, 3.05) is 78.0 Å². The smallest absolute Gasteiger partial charge is 0.315 e. The highest BCUT2D eigenvalue weighted by Gasteiger charge is 2.42. The average molecular weight is 752 g/mol. The van der Waals surface area contributed by atoms with Gasteiger partial charge in [0.1, 0.15) is 0 Å². The minimum Gasteiger partial charge on any atom is -0.493 e. The van der Waals surface area contributed by atoms with Gasteiger partial charge in [-0.3, -0.25) is 14.7 Å². The summed E-state index contributed by atoms with van der Waals surface area (Å²) in [5.74, 6) is 2.83. The predicted molar refractivity (Wildman–Crippen MR) is 201 cm³/mol. The van der Waals surface area contributed by atoms with E-state index in [0.29, 0.717) is 93.7 Å². The summed E-state index contributed by atoms with van der Waals surface area (Å²) in [7, 11) is 3.24. The van der Waals surface area contributed by atoms with Crippen LogP contribution >= 0.6 is 11.8 Å². The number of hydrogen-bond donors (Lipinski definition) is 6. The number of hydrogen-bond acceptors (Lipinski definition) is 11. The molecule has 6 rings (SSSR count). The van der Waals surface area contributed by atoms with Crippen LogP contribution in [0.1, 0.15) is 47.2 Å². The van der Waals surface area contributed by atoms with Crippen molar-refractivity contribution in [3.05, 3.63) is 53.1 Å². The van der Waals surface area contributed by atoms with E-state index in [-0.39, 0.29) is 29.9 Å². The number of unbranched alkanes of at least 4 members (excludes halogenated alkanes) is 1. The molecule has 15 nitrogen and oxygen atoms in total. The fourth-order valence-electron chi connectivity index (χ4n) is 6.73. The van der Waals surface area contributed by atoms with Gasteiger partial charge in [-0.2, -0.15) is 16.9 Å². The second-order valence-electron chi connectivity index (χ2n) is 13.0. The van der Waals surface area contributed by atoms with Gasteiger partial charge in [0.25, 0.3) is 5.91 Å². The van der Waals surface area contributed by atoms with Gasteiger partial charge in [-0.05, 0) is 48.7 Å². The number of carbonyl (C=O) groups excluding carboxylic acids is 3. The second kappa shape index (κ2) is 19.0. The molecular weight excluding hydrogens is 703 g/mol. The van der Waals surface area contributed by atoms with Gasteiger partial charge < -0.3 is 50.3 Å². The highest BCUT2D eigenvalue weighted by atomic mass is 32.2. The first-order valence-corrected chi connectivity index (χ1v) is 19.1. The number of nitrogens with zero attached hydrogens (tertiary/aromatic N) is 1. The monoisotopic (exact) mass is 751 g/mol. The molecule has 3 atom stereocenters. The van der Waals surface area contributed by atoms with E-state index >= 15 is 0 Å². The van der Waals surface area contributed by atoms with Gasteiger partial charge >= 0.3 is 6.03 Å². The van der Waals surface area contributed by atoms with Gasteiger partial charge in [-0.1, -0.05) is 12.5 Å². The van der Waals surface area contributed by atoms with Gasteiger partial charge in [0.15, 0.2) is 17.3 Å². The summed E-state index contributed by atoms with van der Waals surface area (Å²) >= 11 is 1.90. The first-order chi connectivity index (χ1) is 25.9. The van der Waals surface area contributed by atoms with E-state index in [1.54, 1.807) is 26.4 Å². The number of thioether (sulfide) groups is 1. The molecule has 0 saturated carbocycles. The van der Waals surface area contributed by atoms with Crippen LogP contribution in [0.15, 0.2) is 36.4 Å². The molecule has 0 spiro atoms. The molecule has 2 saturated heterocycles. The Morgan fingerprint density at radius 1 is 0.906 bits per heavy atom. The summed E-state index contributed by atoms with van der Waals surface area (Å²) in [4.78, 5) is 36.4. The normalized spacial score (nSPS) is 18.1. The molecule has 0 radical (unpaired) electrons. The number of aromatic amines is 1. The van der Waals surface area contributed by atoms with Gasteiger partial charge in [0, 0.05) is 59.3 Å². The van der Waals surface area contributed by atoms with Crippen LogP contribution in [0.5, 0.6) is 11.5 Å². The molecule has 4 amide bonds. The maximum atomic E-state index is 12.8. The van der Waals surface area contributed by atoms with Crippen LogP contribution in [0.2, 0.25) is 0 Å². The molecule has 16 heteroatoms. The van der Waals surface area contributed by atoms with Crippen LogP contribution < -0.4 is 36.1 Å². The number of methoxy groups -OCH3 is 2. The maximum Gasteiger partial charge on any atom is 0.315 e. The SMILES string of the molecule is COc1cc2c(cc1OC)-c1[nH]nc(Nc3cccc(C(=O)NCCOCCOCCOCCNC(=O)CCCCC4SCC5NC(=O)NC54)c3)c1C2. The molecule has 3 aliphatic rings. The Hall–Kier alpha value is -4.51. The lowest BCUT2D eigenvalue weighted by atomic mass is 10.0. The second-order valence-corrected chi connectivity index (χ2v) is 14.3. The van der Waals surface area contributed by atoms with Crippen LogP contribution in [0.3, 0.4) is 0 Å². The van der Waals surface area contributed by atoms with E-state index in [9.17, 15) is 14.4 Å². The van der Waals surface area contributed by atoms with Crippen molar-refractivity contribution in [3.63, 3.8) is 0 Å². The van der Waals surface area contributed by atoms with Gasteiger partial charge in [-0.15, -0.1) is 0 Å². The Morgan fingerprint density at radius 3 is 2.42 bits per heavy atom. The van der Waals surface area contributed by atoms with Crippen molar-refractivity contribution in [2.24, 2.45) is 0 Å². The molecule has 2 aliphatic heterocycles. The van der Waals surface area contributed by atoms with Crippen molar-refractivity contribution < 1.29 is 38.1 Å². The first-order valence-electron chi connectivity index (χ1n) is 18.1. The third kappa shape index (κ3) is 10.1. The standard InChI is InChI=1S/C37H49N7O8S/c1-48-29-20-24-19-27-33(26(24)21-30(29)49-2)43-44-35(27)40-25-7-5-6-23(18-25)36(46)39-11-13-51-15-17-52-16-14-50-12-10-38-32(45)9-4-3-8-31-34-28(22-53-31)41-37(47)42-34/h5-7,18,20-21,28,31,34H,3-4,8-17,19,22H2,1-2H3,(H,38,45)(H,39,46)(H2,40,43,44)(H2,41,42,47). The number of rotatable bonds is 22. The number of nitrogens with one attached hydrogen (secondary N) is 6. The van der Waals surface area contributed by atoms with Crippen molar-refractivity contribution >= 4 is 41.1 Å². The number of urea groups is 1. The lowest BCUT2D eigenvalue weighted by molar-refractivity contribution is -0.121. The molecular formula is C37H49N7O8S. The summed E-state index contributed by atoms with van der Waals surface area (Å²) in [6.45, 7) is 3.26. The largest absolute Gasteiger partial charge is 0.493 e. The number of anilines is 2. The summed E-state index contributed by atoms with van der Waals surface area (Å²) in [5, 5.41) is 23.1. The summed E-state index contributed by atoms with van der Waals surface area (Å²) in [5.41, 5.74) is 5.39. The Balaban J connectivity index is 0.763. The molecule has 53 heavy (non-hydrogen) atoms. The zero-order chi connectivity index (χ0) is 37.0. The van der Waals surface area contributed by atoms with E-state index in [2.05, 4.69) is 36.8 Å². The minimum atomic E-state index is -0.198. The molecule has 286 valence electrons. The van der Waals surface area contributed by atoms with Gasteiger partial charge in [0.05, 0.1) is 71.6 Å². The number of fused-ring (bicyclic) bond motifs is 4. The van der Waals surface area contributed by atoms with E-state index < -0.39 is 0 Å². The van der Waals surface area contributed by atoms with Crippen LogP contribution in [0.4, 0.5) is 16.3 Å². The van der Waals surface area contributed by atoms with E-state index in [1.165, 1.54) is 0 Å². The number of H-pyrrole nitrogens is 1. The van der Waals surface area contributed by atoms with Crippen molar-refractivity contribution in [1.82, 2.24) is 31.5 Å². The molecule has 1 aliphatic carbocycles.